The van der Waals surface area contributed by atoms with Crippen LogP contribution >= 0.6 is 11.6 Å². The van der Waals surface area contributed by atoms with Crippen molar-refractivity contribution in [3.05, 3.63) is 38.9 Å². The monoisotopic (exact) mass is 286 g/mol. The molecule has 0 aliphatic heterocycles. The molecule has 0 aromatic heterocycles. The summed E-state index contributed by atoms with van der Waals surface area (Å²) in [5, 5.41) is 11.0. The van der Waals surface area contributed by atoms with Gasteiger partial charge >= 0.3 is 0 Å². The Morgan fingerprint density at radius 2 is 2.16 bits per heavy atom. The summed E-state index contributed by atoms with van der Waals surface area (Å²) in [5.41, 5.74) is 0.814. The van der Waals surface area contributed by atoms with Gasteiger partial charge in [-0.3, -0.25) is 15.0 Å². The van der Waals surface area contributed by atoms with E-state index in [1.54, 1.807) is 12.1 Å². The van der Waals surface area contributed by atoms with Crippen molar-refractivity contribution >= 4 is 17.3 Å². The van der Waals surface area contributed by atoms with Crippen LogP contribution < -0.4 is 0 Å². The molecule has 0 saturated carbocycles. The lowest BCUT2D eigenvalue weighted by molar-refractivity contribution is -0.384. The SMILES string of the molecule is CC(C)OCCN(C)Cc1ccc(Cl)c([N+](=O)[O-])c1. The number of hydrogen-bond donors (Lipinski definition) is 0. The second kappa shape index (κ2) is 7.43. The number of ether oxygens (including phenoxy) is 1. The van der Waals surface area contributed by atoms with E-state index in [2.05, 4.69) is 4.90 Å². The molecule has 0 aliphatic carbocycles. The van der Waals surface area contributed by atoms with E-state index >= 15 is 0 Å². The lowest BCUT2D eigenvalue weighted by atomic mass is 10.2. The molecule has 0 fully saturated rings. The van der Waals surface area contributed by atoms with Gasteiger partial charge in [0.25, 0.3) is 5.69 Å². The van der Waals surface area contributed by atoms with Crippen LogP contribution in [0.5, 0.6) is 0 Å². The Labute approximate surface area is 118 Å². The van der Waals surface area contributed by atoms with Gasteiger partial charge in [0.2, 0.25) is 0 Å². The molecular weight excluding hydrogens is 268 g/mol. The number of likely N-dealkylation sites (N-methyl/N-ethyl adjacent to an activating group) is 1. The minimum Gasteiger partial charge on any atom is -0.377 e. The van der Waals surface area contributed by atoms with Crippen LogP contribution in [0.1, 0.15) is 19.4 Å². The van der Waals surface area contributed by atoms with Crippen LogP contribution in [0.3, 0.4) is 0 Å². The van der Waals surface area contributed by atoms with Crippen molar-refractivity contribution in [1.82, 2.24) is 4.90 Å². The van der Waals surface area contributed by atoms with Crippen molar-refractivity contribution in [1.29, 1.82) is 0 Å². The molecule has 1 aromatic rings. The standard InChI is InChI=1S/C13H19ClN2O3/c1-10(2)19-7-6-15(3)9-11-4-5-12(14)13(8-11)16(17)18/h4-5,8,10H,6-7,9H2,1-3H3. The van der Waals surface area contributed by atoms with Crippen molar-refractivity contribution in [3.8, 4) is 0 Å². The van der Waals surface area contributed by atoms with Gasteiger partial charge in [0.1, 0.15) is 5.02 Å². The van der Waals surface area contributed by atoms with Crippen molar-refractivity contribution in [3.63, 3.8) is 0 Å². The zero-order chi connectivity index (χ0) is 14.4. The normalized spacial score (nSPS) is 11.3. The van der Waals surface area contributed by atoms with Gasteiger partial charge in [-0.05, 0) is 32.5 Å². The molecule has 0 spiro atoms. The highest BCUT2D eigenvalue weighted by Gasteiger charge is 2.13. The highest BCUT2D eigenvalue weighted by atomic mass is 35.5. The van der Waals surface area contributed by atoms with Gasteiger partial charge in [-0.15, -0.1) is 0 Å². The fourth-order valence-electron chi connectivity index (χ4n) is 1.63. The predicted molar refractivity (Wildman–Crippen MR) is 75.5 cm³/mol. The van der Waals surface area contributed by atoms with Crippen LogP contribution in [-0.4, -0.2) is 36.1 Å². The van der Waals surface area contributed by atoms with Gasteiger partial charge in [-0.1, -0.05) is 17.7 Å². The fourth-order valence-corrected chi connectivity index (χ4v) is 1.82. The lowest BCUT2D eigenvalue weighted by Gasteiger charge is -2.17. The van der Waals surface area contributed by atoms with Gasteiger partial charge in [0.05, 0.1) is 17.6 Å². The largest absolute Gasteiger partial charge is 0.377 e. The summed E-state index contributed by atoms with van der Waals surface area (Å²) in [7, 11) is 1.95. The molecule has 0 heterocycles. The highest BCUT2D eigenvalue weighted by Crippen LogP contribution is 2.25. The molecule has 0 amide bonds. The third kappa shape index (κ3) is 5.55. The third-order valence-corrected chi connectivity index (χ3v) is 2.90. The van der Waals surface area contributed by atoms with Crippen LogP contribution in [0.2, 0.25) is 5.02 Å². The number of nitro groups is 1. The number of nitro benzene ring substituents is 1. The van der Waals surface area contributed by atoms with Gasteiger partial charge in [-0.25, -0.2) is 0 Å². The summed E-state index contributed by atoms with van der Waals surface area (Å²) in [5.74, 6) is 0. The van der Waals surface area contributed by atoms with E-state index in [0.29, 0.717) is 13.2 Å². The van der Waals surface area contributed by atoms with E-state index < -0.39 is 4.92 Å². The fraction of sp³-hybridized carbons (Fsp3) is 0.538. The zero-order valence-corrected chi connectivity index (χ0v) is 12.2. The maximum Gasteiger partial charge on any atom is 0.288 e. The Morgan fingerprint density at radius 1 is 1.47 bits per heavy atom. The summed E-state index contributed by atoms with van der Waals surface area (Å²) >= 11 is 5.77. The van der Waals surface area contributed by atoms with Crippen LogP contribution in [0.15, 0.2) is 18.2 Å². The summed E-state index contributed by atoms with van der Waals surface area (Å²) in [6.45, 7) is 6.02. The van der Waals surface area contributed by atoms with Crippen molar-refractivity contribution in [2.24, 2.45) is 0 Å². The summed E-state index contributed by atoms with van der Waals surface area (Å²) in [6.07, 6.45) is 0.213. The maximum atomic E-state index is 10.8. The Balaban J connectivity index is 2.57. The number of benzene rings is 1. The molecule has 0 bridgehead atoms. The average molecular weight is 287 g/mol. The number of nitrogens with zero attached hydrogens (tertiary/aromatic N) is 2. The smallest absolute Gasteiger partial charge is 0.288 e. The minimum absolute atomic E-state index is 0.0500. The minimum atomic E-state index is -0.465. The molecule has 0 aliphatic rings. The molecule has 1 aromatic carbocycles. The molecule has 0 unspecified atom stereocenters. The molecule has 0 saturated heterocycles. The van der Waals surface area contributed by atoms with Crippen molar-refractivity contribution in [2.45, 2.75) is 26.5 Å². The van der Waals surface area contributed by atoms with Gasteiger partial charge < -0.3 is 4.74 Å². The zero-order valence-electron chi connectivity index (χ0n) is 11.4. The molecule has 0 N–H and O–H groups in total. The molecule has 6 heteroatoms. The van der Waals surface area contributed by atoms with E-state index in [4.69, 9.17) is 16.3 Å². The first kappa shape index (κ1) is 15.9. The second-order valence-electron chi connectivity index (χ2n) is 4.70. The molecule has 5 nitrogen and oxygen atoms in total. The highest BCUT2D eigenvalue weighted by molar-refractivity contribution is 6.32. The maximum absolute atomic E-state index is 10.8. The topological polar surface area (TPSA) is 55.6 Å². The van der Waals surface area contributed by atoms with E-state index in [0.717, 1.165) is 12.1 Å². The first-order valence-corrected chi connectivity index (χ1v) is 6.51. The predicted octanol–water partition coefficient (Wildman–Crippen LogP) is 3.11. The first-order valence-electron chi connectivity index (χ1n) is 6.13. The van der Waals surface area contributed by atoms with Crippen LogP contribution in [0.25, 0.3) is 0 Å². The van der Waals surface area contributed by atoms with E-state index in [-0.39, 0.29) is 16.8 Å². The Bertz CT molecular complexity index is 438. The number of hydrogen-bond acceptors (Lipinski definition) is 4. The van der Waals surface area contributed by atoms with E-state index in [9.17, 15) is 10.1 Å². The Morgan fingerprint density at radius 3 is 2.74 bits per heavy atom. The van der Waals surface area contributed by atoms with Crippen molar-refractivity contribution in [2.75, 3.05) is 20.2 Å². The quantitative estimate of drug-likeness (QED) is 0.571. The molecule has 0 atom stereocenters. The molecule has 0 radical (unpaired) electrons. The number of halogens is 1. The van der Waals surface area contributed by atoms with Gasteiger partial charge in [0, 0.05) is 19.2 Å². The van der Waals surface area contributed by atoms with Crippen LogP contribution in [0, 0.1) is 10.1 Å². The lowest BCUT2D eigenvalue weighted by Crippen LogP contribution is -2.24. The third-order valence-electron chi connectivity index (χ3n) is 2.58. The number of rotatable bonds is 7. The molecule has 1 rings (SSSR count). The summed E-state index contributed by atoms with van der Waals surface area (Å²) in [6, 6.07) is 4.88. The second-order valence-corrected chi connectivity index (χ2v) is 5.11. The Hall–Kier alpha value is -1.17. The van der Waals surface area contributed by atoms with Crippen LogP contribution in [-0.2, 0) is 11.3 Å². The van der Waals surface area contributed by atoms with Gasteiger partial charge in [-0.2, -0.15) is 0 Å². The Kier molecular flexibility index (Phi) is 6.21. The van der Waals surface area contributed by atoms with E-state index in [1.807, 2.05) is 20.9 Å². The molecule has 106 valence electrons. The van der Waals surface area contributed by atoms with Gasteiger partial charge in [0.15, 0.2) is 0 Å². The first-order chi connectivity index (χ1) is 8.90. The molecular formula is C13H19ClN2O3. The summed E-state index contributed by atoms with van der Waals surface area (Å²) in [4.78, 5) is 12.4. The average Bonchev–Trinajstić information content (AvgIpc) is 2.30. The van der Waals surface area contributed by atoms with Crippen LogP contribution in [0.4, 0.5) is 5.69 Å². The summed E-state index contributed by atoms with van der Waals surface area (Å²) < 4.78 is 5.46. The molecule has 19 heavy (non-hydrogen) atoms. The van der Waals surface area contributed by atoms with E-state index in [1.165, 1.54) is 6.07 Å². The van der Waals surface area contributed by atoms with Crippen molar-refractivity contribution < 1.29 is 9.66 Å².